The maximum atomic E-state index is 13.1. The van der Waals surface area contributed by atoms with Crippen molar-refractivity contribution in [3.63, 3.8) is 0 Å². The minimum Gasteiger partial charge on any atom is -0.454 e. The number of benzene rings is 1. The standard InChI is InChI=1S/C22H29NO3/c24-22(14-12-17-11-13-20-21(15-17)26-16-25-20)23(18-7-3-1-4-8-18)19-9-5-2-6-10-19/h11-15,18-19H,1-10,16H2/b14-12+. The van der Waals surface area contributed by atoms with Crippen LogP contribution in [0.15, 0.2) is 24.3 Å². The summed E-state index contributed by atoms with van der Waals surface area (Å²) in [5.74, 6) is 1.72. The molecular formula is C22H29NO3. The van der Waals surface area contributed by atoms with E-state index in [9.17, 15) is 4.79 Å². The molecule has 4 heteroatoms. The van der Waals surface area contributed by atoms with Crippen LogP contribution in [-0.2, 0) is 4.79 Å². The molecule has 4 nitrogen and oxygen atoms in total. The lowest BCUT2D eigenvalue weighted by molar-refractivity contribution is -0.132. The normalized spacial score (nSPS) is 21.2. The summed E-state index contributed by atoms with van der Waals surface area (Å²) in [6.45, 7) is 0.276. The van der Waals surface area contributed by atoms with Gasteiger partial charge in [0.1, 0.15) is 0 Å². The van der Waals surface area contributed by atoms with Crippen LogP contribution < -0.4 is 9.47 Å². The Morgan fingerprint density at radius 3 is 2.15 bits per heavy atom. The number of amides is 1. The molecule has 1 aromatic rings. The van der Waals surface area contributed by atoms with Crippen LogP contribution >= 0.6 is 0 Å². The van der Waals surface area contributed by atoms with Crippen molar-refractivity contribution in [2.45, 2.75) is 76.3 Å². The second-order valence-corrected chi connectivity index (χ2v) is 7.78. The van der Waals surface area contributed by atoms with E-state index >= 15 is 0 Å². The number of rotatable bonds is 4. The van der Waals surface area contributed by atoms with Crippen LogP contribution in [0.5, 0.6) is 11.5 Å². The first-order valence-electron chi connectivity index (χ1n) is 10.2. The fraction of sp³-hybridized carbons (Fsp3) is 0.591. The fourth-order valence-electron chi connectivity index (χ4n) is 4.65. The predicted octanol–water partition coefficient (Wildman–Crippen LogP) is 4.92. The highest BCUT2D eigenvalue weighted by atomic mass is 16.7. The quantitative estimate of drug-likeness (QED) is 0.719. The Balaban J connectivity index is 1.49. The molecule has 2 aliphatic carbocycles. The summed E-state index contributed by atoms with van der Waals surface area (Å²) >= 11 is 0. The smallest absolute Gasteiger partial charge is 0.247 e. The van der Waals surface area contributed by atoms with Crippen molar-refractivity contribution >= 4 is 12.0 Å². The van der Waals surface area contributed by atoms with Crippen molar-refractivity contribution in [1.29, 1.82) is 0 Å². The lowest BCUT2D eigenvalue weighted by atomic mass is 9.88. The van der Waals surface area contributed by atoms with Gasteiger partial charge in [-0.1, -0.05) is 44.6 Å². The number of hydrogen-bond acceptors (Lipinski definition) is 3. The lowest BCUT2D eigenvalue weighted by Crippen LogP contribution is -2.48. The number of fused-ring (bicyclic) bond motifs is 1. The topological polar surface area (TPSA) is 38.8 Å². The Labute approximate surface area is 156 Å². The van der Waals surface area contributed by atoms with Gasteiger partial charge in [0.05, 0.1) is 0 Å². The average molecular weight is 355 g/mol. The summed E-state index contributed by atoms with van der Waals surface area (Å²) in [4.78, 5) is 15.4. The highest BCUT2D eigenvalue weighted by molar-refractivity contribution is 5.92. The molecule has 1 aliphatic heterocycles. The molecule has 2 fully saturated rings. The molecule has 2 saturated carbocycles. The second-order valence-electron chi connectivity index (χ2n) is 7.78. The number of carbonyl (C=O) groups excluding carboxylic acids is 1. The first-order chi connectivity index (χ1) is 12.8. The van der Waals surface area contributed by atoms with Gasteiger partial charge in [0.2, 0.25) is 12.7 Å². The summed E-state index contributed by atoms with van der Waals surface area (Å²) in [6.07, 6.45) is 16.0. The van der Waals surface area contributed by atoms with Crippen molar-refractivity contribution in [1.82, 2.24) is 4.90 Å². The molecule has 0 atom stereocenters. The van der Waals surface area contributed by atoms with Gasteiger partial charge in [-0.2, -0.15) is 0 Å². The molecular weight excluding hydrogens is 326 g/mol. The Kier molecular flexibility index (Phi) is 5.47. The number of carbonyl (C=O) groups is 1. The Morgan fingerprint density at radius 1 is 0.885 bits per heavy atom. The molecule has 4 rings (SSSR count). The van der Waals surface area contributed by atoms with E-state index in [1.807, 2.05) is 24.3 Å². The highest BCUT2D eigenvalue weighted by Crippen LogP contribution is 2.33. The van der Waals surface area contributed by atoms with E-state index < -0.39 is 0 Å². The van der Waals surface area contributed by atoms with Gasteiger partial charge in [0, 0.05) is 18.2 Å². The molecule has 0 spiro atoms. The van der Waals surface area contributed by atoms with E-state index in [0.29, 0.717) is 12.1 Å². The van der Waals surface area contributed by atoms with E-state index in [2.05, 4.69) is 4.90 Å². The molecule has 1 amide bonds. The van der Waals surface area contributed by atoms with Crippen LogP contribution in [0.3, 0.4) is 0 Å². The lowest BCUT2D eigenvalue weighted by Gasteiger charge is -2.41. The van der Waals surface area contributed by atoms with Gasteiger partial charge in [0.25, 0.3) is 0 Å². The van der Waals surface area contributed by atoms with Crippen LogP contribution in [0.2, 0.25) is 0 Å². The third-order valence-electron chi connectivity index (χ3n) is 6.01. The fourth-order valence-corrected chi connectivity index (χ4v) is 4.65. The van der Waals surface area contributed by atoms with Crippen LogP contribution in [0.4, 0.5) is 0 Å². The molecule has 1 heterocycles. The van der Waals surface area contributed by atoms with E-state index in [0.717, 1.165) is 17.1 Å². The van der Waals surface area contributed by atoms with Gasteiger partial charge >= 0.3 is 0 Å². The summed E-state index contributed by atoms with van der Waals surface area (Å²) in [5.41, 5.74) is 0.981. The van der Waals surface area contributed by atoms with Gasteiger partial charge < -0.3 is 14.4 Å². The first kappa shape index (κ1) is 17.4. The zero-order valence-corrected chi connectivity index (χ0v) is 15.5. The maximum absolute atomic E-state index is 13.1. The molecule has 0 radical (unpaired) electrons. The second kappa shape index (κ2) is 8.15. The minimum absolute atomic E-state index is 0.182. The predicted molar refractivity (Wildman–Crippen MR) is 102 cm³/mol. The molecule has 0 saturated heterocycles. The van der Waals surface area contributed by atoms with Crippen LogP contribution in [0.25, 0.3) is 6.08 Å². The number of hydrogen-bond donors (Lipinski definition) is 0. The van der Waals surface area contributed by atoms with Crippen molar-refractivity contribution in [3.05, 3.63) is 29.8 Å². The van der Waals surface area contributed by atoms with E-state index in [1.165, 1.54) is 64.2 Å². The summed E-state index contributed by atoms with van der Waals surface area (Å²) in [7, 11) is 0. The molecule has 1 aromatic carbocycles. The molecule has 0 N–H and O–H groups in total. The number of ether oxygens (including phenoxy) is 2. The van der Waals surface area contributed by atoms with Crippen LogP contribution in [-0.4, -0.2) is 29.7 Å². The minimum atomic E-state index is 0.182. The monoisotopic (exact) mass is 355 g/mol. The van der Waals surface area contributed by atoms with Gasteiger partial charge in [-0.25, -0.2) is 0 Å². The van der Waals surface area contributed by atoms with E-state index in [-0.39, 0.29) is 12.7 Å². The molecule has 3 aliphatic rings. The Hall–Kier alpha value is -1.97. The SMILES string of the molecule is O=C(/C=C/c1ccc2c(c1)OCO2)N(C1CCCCC1)C1CCCCC1. The third-order valence-corrected chi connectivity index (χ3v) is 6.01. The molecule has 0 aromatic heterocycles. The van der Waals surface area contributed by atoms with Gasteiger partial charge in [-0.3, -0.25) is 4.79 Å². The summed E-state index contributed by atoms with van der Waals surface area (Å²) in [5, 5.41) is 0. The summed E-state index contributed by atoms with van der Waals surface area (Å²) < 4.78 is 10.8. The van der Waals surface area contributed by atoms with Gasteiger partial charge in [0.15, 0.2) is 11.5 Å². The Morgan fingerprint density at radius 2 is 1.50 bits per heavy atom. The Bertz CT molecular complexity index is 639. The van der Waals surface area contributed by atoms with E-state index in [1.54, 1.807) is 6.08 Å². The maximum Gasteiger partial charge on any atom is 0.247 e. The third kappa shape index (κ3) is 3.89. The van der Waals surface area contributed by atoms with Crippen molar-refractivity contribution in [3.8, 4) is 11.5 Å². The molecule has 26 heavy (non-hydrogen) atoms. The molecule has 140 valence electrons. The van der Waals surface area contributed by atoms with Crippen molar-refractivity contribution in [2.75, 3.05) is 6.79 Å². The van der Waals surface area contributed by atoms with Gasteiger partial charge in [-0.05, 0) is 49.5 Å². The zero-order chi connectivity index (χ0) is 17.8. The zero-order valence-electron chi connectivity index (χ0n) is 15.5. The summed E-state index contributed by atoms with van der Waals surface area (Å²) in [6, 6.07) is 6.69. The highest BCUT2D eigenvalue weighted by Gasteiger charge is 2.31. The van der Waals surface area contributed by atoms with E-state index in [4.69, 9.17) is 9.47 Å². The average Bonchev–Trinajstić information content (AvgIpc) is 3.16. The largest absolute Gasteiger partial charge is 0.454 e. The van der Waals surface area contributed by atoms with Crippen molar-refractivity contribution < 1.29 is 14.3 Å². The first-order valence-corrected chi connectivity index (χ1v) is 10.2. The van der Waals surface area contributed by atoms with Crippen molar-refractivity contribution in [2.24, 2.45) is 0 Å². The van der Waals surface area contributed by atoms with Crippen LogP contribution in [0.1, 0.15) is 69.8 Å². The van der Waals surface area contributed by atoms with Gasteiger partial charge in [-0.15, -0.1) is 0 Å². The number of nitrogens with zero attached hydrogens (tertiary/aromatic N) is 1. The molecule has 0 unspecified atom stereocenters. The molecule has 0 bridgehead atoms. The van der Waals surface area contributed by atoms with Crippen LogP contribution in [0, 0.1) is 0 Å².